The maximum atomic E-state index is 13.9. The Kier molecular flexibility index (Phi) is 11.2. The van der Waals surface area contributed by atoms with Crippen molar-refractivity contribution in [2.45, 2.75) is 18.8 Å². The molecule has 10 heteroatoms. The smallest absolute Gasteiger partial charge is 0.415 e. The number of amides is 1. The molecule has 1 heterocycles. The van der Waals surface area contributed by atoms with Crippen LogP contribution in [0, 0.1) is 5.82 Å². The number of hydrogen-bond donors (Lipinski definition) is 0. The molecule has 6 aromatic rings. The lowest BCUT2D eigenvalue weighted by atomic mass is 9.94. The van der Waals surface area contributed by atoms with Crippen LogP contribution in [-0.2, 0) is 25.0 Å². The van der Waals surface area contributed by atoms with E-state index >= 15 is 0 Å². The second kappa shape index (κ2) is 16.5. The van der Waals surface area contributed by atoms with Gasteiger partial charge in [0.25, 0.3) is 0 Å². The van der Waals surface area contributed by atoms with Crippen LogP contribution in [0.3, 0.4) is 0 Å². The van der Waals surface area contributed by atoms with E-state index in [4.69, 9.17) is 18.5 Å². The minimum atomic E-state index is -3.45. The van der Waals surface area contributed by atoms with Gasteiger partial charge in [-0.2, -0.15) is 0 Å². The Balaban J connectivity index is 1.31. The third-order valence-electron chi connectivity index (χ3n) is 9.41. The molecule has 55 heavy (non-hydrogen) atoms. The SMILES string of the molecule is COP(=O)(OC)c1ccc(-c2ccc([C@@H]3[C@@H](/C=C/C(=O)c4ccc(F)cc4)OC(=O)N3c3ccc(-c4ccccc4)cc3)c(OCc3ccccc3)c2)cc1. The van der Waals surface area contributed by atoms with E-state index in [0.29, 0.717) is 27.9 Å². The molecule has 1 aliphatic heterocycles. The fourth-order valence-electron chi connectivity index (χ4n) is 6.50. The zero-order valence-electron chi connectivity index (χ0n) is 30.1. The highest BCUT2D eigenvalue weighted by molar-refractivity contribution is 7.62. The number of allylic oxidation sites excluding steroid dienone is 1. The summed E-state index contributed by atoms with van der Waals surface area (Å²) in [7, 11) is -0.770. The predicted molar refractivity (Wildman–Crippen MR) is 211 cm³/mol. The molecule has 0 aliphatic carbocycles. The van der Waals surface area contributed by atoms with E-state index in [1.165, 1.54) is 44.6 Å². The Morgan fingerprint density at radius 1 is 0.745 bits per heavy atom. The number of benzene rings is 6. The second-order valence-electron chi connectivity index (χ2n) is 12.7. The number of nitrogens with zero attached hydrogens (tertiary/aromatic N) is 1. The molecular formula is C45H37FNO7P. The van der Waals surface area contributed by atoms with Crippen molar-refractivity contribution in [2.75, 3.05) is 19.1 Å². The van der Waals surface area contributed by atoms with Gasteiger partial charge in [0.05, 0.1) is 5.30 Å². The molecule has 7 rings (SSSR count). The van der Waals surface area contributed by atoms with Crippen LogP contribution in [0.5, 0.6) is 5.75 Å². The molecule has 8 nitrogen and oxygen atoms in total. The topological polar surface area (TPSA) is 91.4 Å². The normalized spacial score (nSPS) is 15.6. The first-order valence-corrected chi connectivity index (χ1v) is 19.1. The van der Waals surface area contributed by atoms with E-state index in [9.17, 15) is 18.5 Å². The third kappa shape index (κ3) is 8.20. The summed E-state index contributed by atoms with van der Waals surface area (Å²) >= 11 is 0. The van der Waals surface area contributed by atoms with Crippen LogP contribution in [0.15, 0.2) is 164 Å². The summed E-state index contributed by atoms with van der Waals surface area (Å²) in [5, 5.41) is 0.416. The van der Waals surface area contributed by atoms with E-state index in [0.717, 1.165) is 27.8 Å². The van der Waals surface area contributed by atoms with E-state index < -0.39 is 31.7 Å². The number of halogens is 1. The van der Waals surface area contributed by atoms with Crippen LogP contribution in [0.1, 0.15) is 27.5 Å². The van der Waals surface area contributed by atoms with Gasteiger partial charge in [-0.05, 0) is 94.6 Å². The molecule has 6 aromatic carbocycles. The highest BCUT2D eigenvalue weighted by Crippen LogP contribution is 2.46. The van der Waals surface area contributed by atoms with Gasteiger partial charge in [0.1, 0.15) is 30.3 Å². The molecule has 1 aliphatic rings. The molecule has 0 aromatic heterocycles. The highest BCUT2D eigenvalue weighted by atomic mass is 31.2. The number of hydrogen-bond acceptors (Lipinski definition) is 7. The lowest BCUT2D eigenvalue weighted by molar-refractivity contribution is 0.104. The molecule has 1 amide bonds. The van der Waals surface area contributed by atoms with E-state index in [1.807, 2.05) is 115 Å². The van der Waals surface area contributed by atoms with Crippen molar-refractivity contribution in [3.63, 3.8) is 0 Å². The Labute approximate surface area is 318 Å². The molecule has 2 atom stereocenters. The highest BCUT2D eigenvalue weighted by Gasteiger charge is 2.44. The van der Waals surface area contributed by atoms with Gasteiger partial charge in [0.2, 0.25) is 0 Å². The third-order valence-corrected chi connectivity index (χ3v) is 11.3. The van der Waals surface area contributed by atoms with Crippen molar-refractivity contribution >= 4 is 30.5 Å². The minimum Gasteiger partial charge on any atom is -0.489 e. The number of ketones is 1. The second-order valence-corrected chi connectivity index (χ2v) is 15.0. The molecule has 0 saturated carbocycles. The molecule has 0 bridgehead atoms. The van der Waals surface area contributed by atoms with Crippen molar-refractivity contribution in [2.24, 2.45) is 0 Å². The van der Waals surface area contributed by atoms with Crippen molar-refractivity contribution in [1.29, 1.82) is 0 Å². The van der Waals surface area contributed by atoms with Gasteiger partial charge in [-0.25, -0.2) is 9.18 Å². The number of rotatable bonds is 13. The van der Waals surface area contributed by atoms with Crippen LogP contribution in [0.4, 0.5) is 14.9 Å². The Morgan fingerprint density at radius 3 is 1.98 bits per heavy atom. The first-order chi connectivity index (χ1) is 26.8. The van der Waals surface area contributed by atoms with Gasteiger partial charge in [-0.3, -0.25) is 14.3 Å². The number of cyclic esters (lactones) is 1. The molecule has 0 radical (unpaired) electrons. The quantitative estimate of drug-likeness (QED) is 0.0659. The average molecular weight is 754 g/mol. The molecule has 1 fully saturated rings. The lowest BCUT2D eigenvalue weighted by Crippen LogP contribution is -2.29. The van der Waals surface area contributed by atoms with E-state index in [1.54, 1.807) is 23.1 Å². The van der Waals surface area contributed by atoms with Crippen molar-refractivity contribution < 1.29 is 37.1 Å². The van der Waals surface area contributed by atoms with Gasteiger partial charge in [0, 0.05) is 31.0 Å². The van der Waals surface area contributed by atoms with Crippen LogP contribution in [-0.4, -0.2) is 32.2 Å². The molecular weight excluding hydrogens is 716 g/mol. The predicted octanol–water partition coefficient (Wildman–Crippen LogP) is 10.4. The van der Waals surface area contributed by atoms with Gasteiger partial charge in [0.15, 0.2) is 5.78 Å². The van der Waals surface area contributed by atoms with Gasteiger partial charge in [-0.15, -0.1) is 0 Å². The number of anilines is 1. The number of carbonyl (C=O) groups excluding carboxylic acids is 2. The maximum Gasteiger partial charge on any atom is 0.415 e. The summed E-state index contributed by atoms with van der Waals surface area (Å²) in [6, 6.07) is 44.5. The lowest BCUT2D eigenvalue weighted by Gasteiger charge is -2.26. The largest absolute Gasteiger partial charge is 0.489 e. The van der Waals surface area contributed by atoms with Crippen LogP contribution in [0.25, 0.3) is 22.3 Å². The molecule has 0 spiro atoms. The fraction of sp³-hybridized carbons (Fsp3) is 0.111. The van der Waals surface area contributed by atoms with E-state index in [2.05, 4.69) is 0 Å². The first kappa shape index (κ1) is 37.2. The van der Waals surface area contributed by atoms with Crippen molar-refractivity contribution in [3.8, 4) is 28.0 Å². The summed E-state index contributed by atoms with van der Waals surface area (Å²) in [4.78, 5) is 28.6. The zero-order chi connectivity index (χ0) is 38.4. The summed E-state index contributed by atoms with van der Waals surface area (Å²) in [6.07, 6.45) is 1.39. The molecule has 0 N–H and O–H groups in total. The van der Waals surface area contributed by atoms with Crippen molar-refractivity contribution in [3.05, 3.63) is 186 Å². The summed E-state index contributed by atoms with van der Waals surface area (Å²) in [5.41, 5.74) is 6.07. The van der Waals surface area contributed by atoms with Crippen LogP contribution >= 0.6 is 7.60 Å². The summed E-state index contributed by atoms with van der Waals surface area (Å²) in [5.74, 6) is -0.333. The van der Waals surface area contributed by atoms with Crippen molar-refractivity contribution in [1.82, 2.24) is 0 Å². The van der Waals surface area contributed by atoms with E-state index in [-0.39, 0.29) is 12.4 Å². The molecule has 276 valence electrons. The van der Waals surface area contributed by atoms with Crippen LogP contribution < -0.4 is 14.9 Å². The standard InChI is InChI=1S/C45H37FNO7P/c1-51-55(50,52-2)39-24-17-34(18-25-39)36-19-26-40(43(29-36)53-30-31-9-5-3-6-10-31)44-42(28-27-41(48)35-13-20-37(46)21-14-35)54-45(49)47(44)38-22-15-33(16-23-38)32-11-7-4-8-12-32/h3-29,42,44H,30H2,1-2H3/b28-27+/t42-,44-/m1/s1. The average Bonchev–Trinajstić information content (AvgIpc) is 3.57. The number of ether oxygens (including phenoxy) is 2. The molecule has 0 unspecified atom stereocenters. The summed E-state index contributed by atoms with van der Waals surface area (Å²) < 4.78 is 49.5. The van der Waals surface area contributed by atoms with Crippen LogP contribution in [0.2, 0.25) is 0 Å². The monoisotopic (exact) mass is 753 g/mol. The van der Waals surface area contributed by atoms with Gasteiger partial charge in [-0.1, -0.05) is 97.1 Å². The maximum absolute atomic E-state index is 13.9. The summed E-state index contributed by atoms with van der Waals surface area (Å²) in [6.45, 7) is 0.234. The zero-order valence-corrected chi connectivity index (χ0v) is 31.0. The molecule has 1 saturated heterocycles. The number of carbonyl (C=O) groups is 2. The first-order valence-electron chi connectivity index (χ1n) is 17.5. The Hall–Kier alpha value is -6.12. The minimum absolute atomic E-state index is 0.234. The van der Waals surface area contributed by atoms with Gasteiger partial charge >= 0.3 is 13.7 Å². The fourth-order valence-corrected chi connectivity index (χ4v) is 7.59. The Bertz CT molecular complexity index is 2340. The van der Waals surface area contributed by atoms with Gasteiger partial charge < -0.3 is 18.5 Å². The Morgan fingerprint density at radius 2 is 1.33 bits per heavy atom.